The van der Waals surface area contributed by atoms with Crippen LogP contribution in [-0.2, 0) is 26.2 Å². The van der Waals surface area contributed by atoms with E-state index < -0.39 is 27.7 Å². The standard InChI is InChI=1S/C33H45N5O7S.ClH/c1-34-30(40)25-10-14-27(15-11-25)45-26-12-8-23(9-13-26)22-37-19-16-33(17-20-37)32(42)36-28(29(39)24-6-4-3-5-7-24)31(41)38(33)21-18-35-46(2,43)44;/h8-15,24,28-29,35,39H,3-7,16-22H2,1-2H3,(H,34,40)(H,36,42);1H/t28-,29-;/m1./s1. The fourth-order valence-electron chi connectivity index (χ4n) is 6.94. The van der Waals surface area contributed by atoms with Crippen molar-refractivity contribution in [3.05, 3.63) is 59.7 Å². The number of piperazine rings is 1. The van der Waals surface area contributed by atoms with Crippen LogP contribution in [0.5, 0.6) is 11.5 Å². The molecule has 47 heavy (non-hydrogen) atoms. The fourth-order valence-corrected chi connectivity index (χ4v) is 7.40. The van der Waals surface area contributed by atoms with E-state index >= 15 is 0 Å². The highest BCUT2D eigenvalue weighted by Crippen LogP contribution is 2.36. The van der Waals surface area contributed by atoms with Gasteiger partial charge in [-0.25, -0.2) is 13.1 Å². The molecule has 2 heterocycles. The van der Waals surface area contributed by atoms with Gasteiger partial charge in [-0.3, -0.25) is 19.3 Å². The van der Waals surface area contributed by atoms with Crippen molar-refractivity contribution in [3.8, 4) is 11.5 Å². The Hall–Kier alpha value is -3.23. The first-order chi connectivity index (χ1) is 22.0. The lowest BCUT2D eigenvalue weighted by molar-refractivity contribution is -0.165. The second-order valence-electron chi connectivity index (χ2n) is 12.7. The maximum absolute atomic E-state index is 13.9. The number of halogens is 1. The summed E-state index contributed by atoms with van der Waals surface area (Å²) in [5.74, 6) is 0.434. The van der Waals surface area contributed by atoms with Crippen LogP contribution in [0.1, 0.15) is 60.9 Å². The van der Waals surface area contributed by atoms with Gasteiger partial charge in [0.1, 0.15) is 23.1 Å². The van der Waals surface area contributed by atoms with Gasteiger partial charge in [-0.2, -0.15) is 0 Å². The van der Waals surface area contributed by atoms with Crippen LogP contribution >= 0.6 is 12.4 Å². The fraction of sp³-hybridized carbons (Fsp3) is 0.545. The van der Waals surface area contributed by atoms with Crippen molar-refractivity contribution in [3.63, 3.8) is 0 Å². The molecule has 3 fully saturated rings. The molecule has 0 bridgehead atoms. The molecule has 5 rings (SSSR count). The number of ether oxygens (including phenoxy) is 1. The number of aliphatic hydroxyl groups excluding tert-OH is 1. The molecular weight excluding hydrogens is 646 g/mol. The van der Waals surface area contributed by atoms with E-state index in [1.165, 1.54) is 4.90 Å². The first-order valence-electron chi connectivity index (χ1n) is 16.1. The Morgan fingerprint density at radius 2 is 1.62 bits per heavy atom. The lowest BCUT2D eigenvalue weighted by Gasteiger charge is -2.52. The lowest BCUT2D eigenvalue weighted by Crippen LogP contribution is -2.75. The van der Waals surface area contributed by atoms with E-state index in [-0.39, 0.29) is 49.1 Å². The average Bonchev–Trinajstić information content (AvgIpc) is 3.06. The summed E-state index contributed by atoms with van der Waals surface area (Å²) < 4.78 is 31.9. The van der Waals surface area contributed by atoms with Crippen molar-refractivity contribution < 1.29 is 32.6 Å². The Morgan fingerprint density at radius 3 is 2.19 bits per heavy atom. The summed E-state index contributed by atoms with van der Waals surface area (Å²) in [5, 5.41) is 16.7. The summed E-state index contributed by atoms with van der Waals surface area (Å²) >= 11 is 0. The Labute approximate surface area is 283 Å². The SMILES string of the molecule is CNC(=O)c1ccc(Oc2ccc(CN3CCC4(CC3)C(=O)N[C@H]([C@H](O)C3CCCCC3)C(=O)N4CCNS(C)(=O)=O)cc2)cc1.Cl. The van der Waals surface area contributed by atoms with E-state index in [9.17, 15) is 27.9 Å². The van der Waals surface area contributed by atoms with Crippen molar-refractivity contribution in [1.29, 1.82) is 0 Å². The molecule has 0 radical (unpaired) electrons. The van der Waals surface area contributed by atoms with Gasteiger partial charge in [0.05, 0.1) is 12.4 Å². The smallest absolute Gasteiger partial charge is 0.251 e. The molecular formula is C33H46ClN5O7S. The zero-order chi connectivity index (χ0) is 32.9. The van der Waals surface area contributed by atoms with Crippen LogP contribution in [0.25, 0.3) is 0 Å². The summed E-state index contributed by atoms with van der Waals surface area (Å²) in [4.78, 5) is 43.2. The van der Waals surface area contributed by atoms with E-state index in [1.807, 2.05) is 24.3 Å². The topological polar surface area (TPSA) is 157 Å². The van der Waals surface area contributed by atoms with Gasteiger partial charge in [0.25, 0.3) is 5.91 Å². The van der Waals surface area contributed by atoms with Crippen molar-refractivity contribution >= 4 is 40.2 Å². The third-order valence-corrected chi connectivity index (χ3v) is 10.3. The van der Waals surface area contributed by atoms with Crippen LogP contribution in [0.3, 0.4) is 0 Å². The minimum atomic E-state index is -3.49. The number of likely N-dealkylation sites (tertiary alicyclic amines) is 1. The third-order valence-electron chi connectivity index (χ3n) is 9.52. The van der Waals surface area contributed by atoms with Gasteiger partial charge in [-0.15, -0.1) is 12.4 Å². The average molecular weight is 692 g/mol. The number of carbonyl (C=O) groups is 3. The van der Waals surface area contributed by atoms with E-state index in [0.29, 0.717) is 49.5 Å². The highest BCUT2D eigenvalue weighted by Gasteiger charge is 2.55. The molecule has 2 aromatic carbocycles. The Kier molecular flexibility index (Phi) is 12.3. The number of benzene rings is 2. The lowest BCUT2D eigenvalue weighted by atomic mass is 9.78. The largest absolute Gasteiger partial charge is 0.457 e. The van der Waals surface area contributed by atoms with Gasteiger partial charge in [0.15, 0.2) is 0 Å². The van der Waals surface area contributed by atoms with E-state index in [2.05, 4.69) is 20.3 Å². The molecule has 4 N–H and O–H groups in total. The molecule has 2 saturated heterocycles. The molecule has 0 unspecified atom stereocenters. The van der Waals surface area contributed by atoms with Crippen LogP contribution < -0.4 is 20.1 Å². The number of nitrogens with zero attached hydrogens (tertiary/aromatic N) is 2. The highest BCUT2D eigenvalue weighted by atomic mass is 35.5. The third kappa shape index (κ3) is 8.82. The normalized spacial score (nSPS) is 21.1. The van der Waals surface area contributed by atoms with Crippen molar-refractivity contribution in [2.45, 2.75) is 69.2 Å². The first-order valence-corrected chi connectivity index (χ1v) is 17.9. The highest BCUT2D eigenvalue weighted by molar-refractivity contribution is 7.88. The summed E-state index contributed by atoms with van der Waals surface area (Å²) in [6.07, 6.45) is 5.58. The molecule has 2 aliphatic heterocycles. The summed E-state index contributed by atoms with van der Waals surface area (Å²) in [7, 11) is -1.90. The molecule has 3 aliphatic rings. The van der Waals surface area contributed by atoms with Crippen molar-refractivity contribution in [2.24, 2.45) is 5.92 Å². The first kappa shape index (κ1) is 36.6. The van der Waals surface area contributed by atoms with Gasteiger partial charge in [-0.1, -0.05) is 31.4 Å². The predicted molar refractivity (Wildman–Crippen MR) is 180 cm³/mol. The second kappa shape index (κ2) is 15.8. The molecule has 12 nitrogen and oxygen atoms in total. The Balaban J connectivity index is 0.00000500. The molecule has 3 amide bonds. The Morgan fingerprint density at radius 1 is 1.02 bits per heavy atom. The number of nitrogens with one attached hydrogen (secondary N) is 3. The van der Waals surface area contributed by atoms with E-state index in [0.717, 1.165) is 43.9 Å². The van der Waals surface area contributed by atoms with Crippen molar-refractivity contribution in [1.82, 2.24) is 25.2 Å². The molecule has 1 saturated carbocycles. The summed E-state index contributed by atoms with van der Waals surface area (Å²) in [5.41, 5.74) is 0.502. The van der Waals surface area contributed by atoms with Crippen LogP contribution in [-0.4, -0.2) is 98.2 Å². The van der Waals surface area contributed by atoms with Crippen LogP contribution in [0.2, 0.25) is 0 Å². The monoisotopic (exact) mass is 691 g/mol. The van der Waals surface area contributed by atoms with Gasteiger partial charge in [0, 0.05) is 45.3 Å². The zero-order valence-corrected chi connectivity index (χ0v) is 28.6. The molecule has 0 aromatic heterocycles. The second-order valence-corrected chi connectivity index (χ2v) is 14.5. The van der Waals surface area contributed by atoms with Gasteiger partial charge in [0.2, 0.25) is 21.8 Å². The number of piperidine rings is 1. The van der Waals surface area contributed by atoms with Crippen LogP contribution in [0.4, 0.5) is 0 Å². The molecule has 1 spiro atoms. The maximum atomic E-state index is 13.9. The number of hydrogen-bond donors (Lipinski definition) is 4. The molecule has 2 atom stereocenters. The van der Waals surface area contributed by atoms with E-state index in [4.69, 9.17) is 4.74 Å². The van der Waals surface area contributed by atoms with Crippen molar-refractivity contribution in [2.75, 3.05) is 39.5 Å². The molecule has 2 aromatic rings. The molecule has 258 valence electrons. The minimum absolute atomic E-state index is 0. The Bertz CT molecular complexity index is 1490. The van der Waals surface area contributed by atoms with E-state index in [1.54, 1.807) is 31.3 Å². The number of aliphatic hydroxyl groups is 1. The van der Waals surface area contributed by atoms with Gasteiger partial charge < -0.3 is 25.4 Å². The summed E-state index contributed by atoms with van der Waals surface area (Å²) in [6.45, 7) is 1.79. The summed E-state index contributed by atoms with van der Waals surface area (Å²) in [6, 6.07) is 13.6. The number of sulfonamides is 1. The predicted octanol–water partition coefficient (Wildman–Crippen LogP) is 2.41. The maximum Gasteiger partial charge on any atom is 0.251 e. The molecule has 1 aliphatic carbocycles. The number of carbonyl (C=O) groups excluding carboxylic acids is 3. The number of amides is 3. The number of rotatable bonds is 11. The van der Waals surface area contributed by atoms with Gasteiger partial charge >= 0.3 is 0 Å². The minimum Gasteiger partial charge on any atom is -0.457 e. The zero-order valence-electron chi connectivity index (χ0n) is 26.9. The van der Waals surface area contributed by atoms with Crippen LogP contribution in [0, 0.1) is 5.92 Å². The van der Waals surface area contributed by atoms with Crippen LogP contribution in [0.15, 0.2) is 48.5 Å². The molecule has 14 heteroatoms. The quantitative estimate of drug-likeness (QED) is 0.280. The van der Waals surface area contributed by atoms with Gasteiger partial charge in [-0.05, 0) is 73.6 Å². The number of hydrogen-bond acceptors (Lipinski definition) is 8.